The number of nitrogens with zero attached hydrogens (tertiary/aromatic N) is 1. The first-order valence-electron chi connectivity index (χ1n) is 4.97. The Morgan fingerprint density at radius 1 is 1.39 bits per heavy atom. The summed E-state index contributed by atoms with van der Waals surface area (Å²) >= 11 is 0.969. The topological polar surface area (TPSA) is 96.7 Å². The Morgan fingerprint density at radius 2 is 2.11 bits per heavy atom. The summed E-state index contributed by atoms with van der Waals surface area (Å²) in [5.41, 5.74) is 0.755. The third kappa shape index (κ3) is 2.25. The van der Waals surface area contributed by atoms with Gasteiger partial charge in [-0.05, 0) is 19.1 Å². The van der Waals surface area contributed by atoms with E-state index in [0.717, 1.165) is 17.0 Å². The highest BCUT2D eigenvalue weighted by Gasteiger charge is 2.20. The molecule has 2 N–H and O–H groups in total. The van der Waals surface area contributed by atoms with E-state index < -0.39 is 18.5 Å². The molecule has 0 bridgehead atoms. The van der Waals surface area contributed by atoms with Crippen molar-refractivity contribution in [2.45, 2.75) is 6.92 Å². The van der Waals surface area contributed by atoms with Crippen molar-refractivity contribution in [2.24, 2.45) is 0 Å². The molecule has 0 amide bonds. The number of aryl methyl sites for hydroxylation is 1. The Kier molecular flexibility index (Phi) is 3.15. The van der Waals surface area contributed by atoms with Crippen molar-refractivity contribution in [1.82, 2.24) is 4.98 Å². The van der Waals surface area contributed by atoms with Crippen LogP contribution in [-0.2, 0) is 4.79 Å². The van der Waals surface area contributed by atoms with Crippen molar-refractivity contribution in [3.63, 3.8) is 0 Å². The first-order chi connectivity index (χ1) is 8.49. The molecule has 0 unspecified atom stereocenters. The predicted molar refractivity (Wildman–Crippen MR) is 64.4 cm³/mol. The minimum absolute atomic E-state index is 0.0376. The summed E-state index contributed by atoms with van der Waals surface area (Å²) in [6, 6.07) is 3.39. The highest BCUT2D eigenvalue weighted by molar-refractivity contribution is 7.20. The molecule has 0 saturated carbocycles. The van der Waals surface area contributed by atoms with Gasteiger partial charge < -0.3 is 14.9 Å². The maximum Gasteiger partial charge on any atom is 0.349 e. The van der Waals surface area contributed by atoms with Crippen LogP contribution in [0, 0.1) is 6.92 Å². The van der Waals surface area contributed by atoms with Crippen LogP contribution in [0.3, 0.4) is 0 Å². The molecule has 6 nitrogen and oxygen atoms in total. The first kappa shape index (κ1) is 12.3. The van der Waals surface area contributed by atoms with E-state index in [-0.39, 0.29) is 10.6 Å². The molecule has 2 aromatic rings. The maximum absolute atomic E-state index is 11.1. The largest absolute Gasteiger partial charge is 0.479 e. The highest BCUT2D eigenvalue weighted by atomic mass is 32.1. The van der Waals surface area contributed by atoms with E-state index in [2.05, 4.69) is 4.98 Å². The minimum atomic E-state index is -1.16. The van der Waals surface area contributed by atoms with Crippen LogP contribution in [0.4, 0.5) is 0 Å². The number of fused-ring (bicyclic) bond motifs is 1. The van der Waals surface area contributed by atoms with Crippen LogP contribution >= 0.6 is 11.3 Å². The van der Waals surface area contributed by atoms with Crippen LogP contribution in [0.1, 0.15) is 15.4 Å². The van der Waals surface area contributed by atoms with Gasteiger partial charge in [-0.25, -0.2) is 14.6 Å². The van der Waals surface area contributed by atoms with Crippen LogP contribution < -0.4 is 4.74 Å². The fourth-order valence-electron chi connectivity index (χ4n) is 1.47. The van der Waals surface area contributed by atoms with Crippen molar-refractivity contribution in [3.05, 3.63) is 22.7 Å². The fourth-order valence-corrected chi connectivity index (χ4v) is 2.47. The summed E-state index contributed by atoms with van der Waals surface area (Å²) < 4.78 is 5.04. The molecule has 18 heavy (non-hydrogen) atoms. The summed E-state index contributed by atoms with van der Waals surface area (Å²) in [5.74, 6) is -2.25. The Hall–Kier alpha value is -2.15. The van der Waals surface area contributed by atoms with Crippen LogP contribution in [0.15, 0.2) is 12.1 Å². The number of thiophene rings is 1. The van der Waals surface area contributed by atoms with Gasteiger partial charge in [0, 0.05) is 5.69 Å². The van der Waals surface area contributed by atoms with Crippen molar-refractivity contribution in [2.75, 3.05) is 6.61 Å². The number of carboxylic acid groups (broad SMARTS) is 2. The zero-order valence-electron chi connectivity index (χ0n) is 9.34. The van der Waals surface area contributed by atoms with Crippen molar-refractivity contribution < 1.29 is 24.5 Å². The van der Waals surface area contributed by atoms with Gasteiger partial charge >= 0.3 is 11.9 Å². The molecule has 94 valence electrons. The highest BCUT2D eigenvalue weighted by Crippen LogP contribution is 2.36. The van der Waals surface area contributed by atoms with E-state index in [1.165, 1.54) is 0 Å². The number of carboxylic acids is 2. The standard InChI is InChI=1S/C11H9NO5S/c1-5-2-3-6-8(17-4-7(13)14)9(11(15)16)18-10(6)12-5/h2-3H,4H2,1H3,(H,13,14)(H,15,16). The normalized spacial score (nSPS) is 10.5. The number of pyridine rings is 1. The molecule has 0 saturated heterocycles. The van der Waals surface area contributed by atoms with E-state index in [0.29, 0.717) is 10.2 Å². The Balaban J connectivity index is 2.55. The molecule has 0 radical (unpaired) electrons. The fraction of sp³-hybridized carbons (Fsp3) is 0.182. The Bertz CT molecular complexity index is 634. The molecule has 7 heteroatoms. The minimum Gasteiger partial charge on any atom is -0.479 e. The molecular formula is C11H9NO5S. The number of aromatic nitrogens is 1. The van der Waals surface area contributed by atoms with Crippen molar-refractivity contribution >= 4 is 33.5 Å². The smallest absolute Gasteiger partial charge is 0.349 e. The van der Waals surface area contributed by atoms with Crippen LogP contribution in [0.5, 0.6) is 5.75 Å². The van der Waals surface area contributed by atoms with E-state index in [9.17, 15) is 9.59 Å². The number of hydrogen-bond acceptors (Lipinski definition) is 5. The molecule has 0 aliphatic carbocycles. The summed E-state index contributed by atoms with van der Waals surface area (Å²) in [7, 11) is 0. The summed E-state index contributed by atoms with van der Waals surface area (Å²) in [6.45, 7) is 1.21. The molecule has 0 atom stereocenters. The average molecular weight is 267 g/mol. The predicted octanol–water partition coefficient (Wildman–Crippen LogP) is 1.77. The Morgan fingerprint density at radius 3 is 2.72 bits per heavy atom. The second kappa shape index (κ2) is 4.61. The summed E-state index contributed by atoms with van der Waals surface area (Å²) in [5, 5.41) is 18.1. The summed E-state index contributed by atoms with van der Waals surface area (Å²) in [6.07, 6.45) is 0. The van der Waals surface area contributed by atoms with Gasteiger partial charge in [0.1, 0.15) is 4.83 Å². The van der Waals surface area contributed by atoms with Crippen LogP contribution in [0.2, 0.25) is 0 Å². The molecule has 0 aromatic carbocycles. The van der Waals surface area contributed by atoms with Gasteiger partial charge in [0.2, 0.25) is 0 Å². The molecule has 2 rings (SSSR count). The van der Waals surface area contributed by atoms with Gasteiger partial charge in [0.15, 0.2) is 17.2 Å². The van der Waals surface area contributed by atoms with E-state index in [1.807, 2.05) is 0 Å². The average Bonchev–Trinajstić information content (AvgIpc) is 2.64. The SMILES string of the molecule is Cc1ccc2c(OCC(=O)O)c(C(=O)O)sc2n1. The monoisotopic (exact) mass is 267 g/mol. The maximum atomic E-state index is 11.1. The van der Waals surface area contributed by atoms with Gasteiger partial charge in [0.05, 0.1) is 5.39 Å². The van der Waals surface area contributed by atoms with Gasteiger partial charge in [-0.3, -0.25) is 0 Å². The molecular weight excluding hydrogens is 258 g/mol. The molecule has 0 fully saturated rings. The molecule has 2 aromatic heterocycles. The lowest BCUT2D eigenvalue weighted by atomic mass is 10.2. The Labute approximate surface area is 105 Å². The van der Waals surface area contributed by atoms with E-state index >= 15 is 0 Å². The number of ether oxygens (including phenoxy) is 1. The number of hydrogen-bond donors (Lipinski definition) is 2. The first-order valence-corrected chi connectivity index (χ1v) is 5.78. The lowest BCUT2D eigenvalue weighted by Crippen LogP contribution is -2.10. The molecule has 0 aliphatic heterocycles. The van der Waals surface area contributed by atoms with Gasteiger partial charge in [0.25, 0.3) is 0 Å². The zero-order valence-corrected chi connectivity index (χ0v) is 10.2. The van der Waals surface area contributed by atoms with Gasteiger partial charge in [-0.1, -0.05) is 0 Å². The third-order valence-corrected chi connectivity index (χ3v) is 3.25. The van der Waals surface area contributed by atoms with E-state index in [1.54, 1.807) is 19.1 Å². The number of aromatic carboxylic acids is 1. The molecule has 0 aliphatic rings. The van der Waals surface area contributed by atoms with Crippen LogP contribution in [0.25, 0.3) is 10.2 Å². The van der Waals surface area contributed by atoms with Crippen molar-refractivity contribution in [3.8, 4) is 5.75 Å². The molecule has 0 spiro atoms. The third-order valence-electron chi connectivity index (χ3n) is 2.18. The zero-order chi connectivity index (χ0) is 13.3. The number of carbonyl (C=O) groups is 2. The number of rotatable bonds is 4. The lowest BCUT2D eigenvalue weighted by Gasteiger charge is -2.02. The van der Waals surface area contributed by atoms with Crippen LogP contribution in [-0.4, -0.2) is 33.7 Å². The van der Waals surface area contributed by atoms with Crippen molar-refractivity contribution in [1.29, 1.82) is 0 Å². The second-order valence-corrected chi connectivity index (χ2v) is 4.55. The lowest BCUT2D eigenvalue weighted by molar-refractivity contribution is -0.139. The summed E-state index contributed by atoms with van der Waals surface area (Å²) in [4.78, 5) is 26.2. The second-order valence-electron chi connectivity index (χ2n) is 3.55. The molecule has 2 heterocycles. The van der Waals surface area contributed by atoms with Gasteiger partial charge in [-0.2, -0.15) is 0 Å². The van der Waals surface area contributed by atoms with Gasteiger partial charge in [-0.15, -0.1) is 11.3 Å². The number of aliphatic carboxylic acids is 1. The quantitative estimate of drug-likeness (QED) is 0.876. The van der Waals surface area contributed by atoms with E-state index in [4.69, 9.17) is 14.9 Å².